The second-order valence-corrected chi connectivity index (χ2v) is 5.58. The average molecular weight is 293 g/mol. The second kappa shape index (κ2) is 8.52. The van der Waals surface area contributed by atoms with Gasteiger partial charge in [-0.05, 0) is 32.9 Å². The molecule has 0 heterocycles. The summed E-state index contributed by atoms with van der Waals surface area (Å²) in [6.45, 7) is 7.21. The molecule has 0 saturated carbocycles. The topological polar surface area (TPSA) is 55.8 Å². The molecule has 21 heavy (non-hydrogen) atoms. The van der Waals surface area contributed by atoms with Crippen molar-refractivity contribution in [2.75, 3.05) is 31.6 Å². The zero-order valence-electron chi connectivity index (χ0n) is 13.4. The lowest BCUT2D eigenvalue weighted by Gasteiger charge is -2.28. The molecule has 1 unspecified atom stereocenters. The van der Waals surface area contributed by atoms with Crippen molar-refractivity contribution < 1.29 is 9.90 Å². The van der Waals surface area contributed by atoms with Crippen LogP contribution < -0.4 is 10.2 Å². The number of para-hydroxylation sites is 1. The molecule has 5 heteroatoms. The Balaban J connectivity index is 2.41. The summed E-state index contributed by atoms with van der Waals surface area (Å²) >= 11 is 0. The van der Waals surface area contributed by atoms with Gasteiger partial charge in [-0.3, -0.25) is 0 Å². The highest BCUT2D eigenvalue weighted by Crippen LogP contribution is 2.09. The standard InChI is InChI=1S/C16H27N3O2/c1-13(2)19(12-14(3)20)16(21)17-10-11-18(4)15-8-6-5-7-9-15/h5-9,13-14,20H,10-12H2,1-4H3,(H,17,21). The zero-order valence-corrected chi connectivity index (χ0v) is 13.4. The lowest BCUT2D eigenvalue weighted by molar-refractivity contribution is 0.119. The van der Waals surface area contributed by atoms with Crippen molar-refractivity contribution >= 4 is 11.7 Å². The maximum Gasteiger partial charge on any atom is 0.317 e. The molecule has 0 fully saturated rings. The van der Waals surface area contributed by atoms with Crippen LogP contribution in [0.3, 0.4) is 0 Å². The fourth-order valence-corrected chi connectivity index (χ4v) is 2.06. The van der Waals surface area contributed by atoms with Gasteiger partial charge in [0.05, 0.1) is 6.10 Å². The van der Waals surface area contributed by atoms with Crippen LogP contribution >= 0.6 is 0 Å². The Labute approximate surface area is 127 Å². The van der Waals surface area contributed by atoms with E-state index in [4.69, 9.17) is 0 Å². The van der Waals surface area contributed by atoms with Gasteiger partial charge < -0.3 is 20.2 Å². The second-order valence-electron chi connectivity index (χ2n) is 5.58. The van der Waals surface area contributed by atoms with Gasteiger partial charge >= 0.3 is 6.03 Å². The number of carbonyl (C=O) groups is 1. The fraction of sp³-hybridized carbons (Fsp3) is 0.562. The highest BCUT2D eigenvalue weighted by Gasteiger charge is 2.18. The van der Waals surface area contributed by atoms with E-state index in [1.54, 1.807) is 11.8 Å². The number of amides is 2. The maximum absolute atomic E-state index is 12.1. The Morgan fingerprint density at radius 3 is 2.38 bits per heavy atom. The van der Waals surface area contributed by atoms with Gasteiger partial charge in [0.1, 0.15) is 0 Å². The molecule has 1 aromatic carbocycles. The number of anilines is 1. The zero-order chi connectivity index (χ0) is 15.8. The Bertz CT molecular complexity index is 421. The third-order valence-electron chi connectivity index (χ3n) is 3.27. The van der Waals surface area contributed by atoms with Gasteiger partial charge in [-0.25, -0.2) is 4.79 Å². The molecule has 2 amide bonds. The molecule has 0 aliphatic heterocycles. The van der Waals surface area contributed by atoms with Crippen molar-refractivity contribution in [1.29, 1.82) is 0 Å². The van der Waals surface area contributed by atoms with E-state index < -0.39 is 6.10 Å². The number of hydrogen-bond acceptors (Lipinski definition) is 3. The fourth-order valence-electron chi connectivity index (χ4n) is 2.06. The van der Waals surface area contributed by atoms with Crippen LogP contribution in [0.4, 0.5) is 10.5 Å². The normalized spacial score (nSPS) is 12.1. The van der Waals surface area contributed by atoms with E-state index in [1.165, 1.54) is 0 Å². The highest BCUT2D eigenvalue weighted by atomic mass is 16.3. The number of likely N-dealkylation sites (N-methyl/N-ethyl adjacent to an activating group) is 1. The van der Waals surface area contributed by atoms with Gasteiger partial charge in [0.2, 0.25) is 0 Å². The lowest BCUT2D eigenvalue weighted by atomic mass is 10.3. The summed E-state index contributed by atoms with van der Waals surface area (Å²) in [6.07, 6.45) is -0.523. The van der Waals surface area contributed by atoms with Gasteiger partial charge in [-0.1, -0.05) is 18.2 Å². The van der Waals surface area contributed by atoms with Crippen LogP contribution in [-0.4, -0.2) is 54.9 Å². The SMILES string of the molecule is CC(O)CN(C(=O)NCCN(C)c1ccccc1)C(C)C. The van der Waals surface area contributed by atoms with E-state index in [2.05, 4.69) is 10.2 Å². The molecule has 0 aromatic heterocycles. The number of nitrogens with zero attached hydrogens (tertiary/aromatic N) is 2. The molecule has 0 bridgehead atoms. The molecule has 0 aliphatic rings. The maximum atomic E-state index is 12.1. The number of urea groups is 1. The molecule has 1 aromatic rings. The molecule has 0 aliphatic carbocycles. The Morgan fingerprint density at radius 1 is 1.24 bits per heavy atom. The Morgan fingerprint density at radius 2 is 1.86 bits per heavy atom. The van der Waals surface area contributed by atoms with Crippen LogP contribution in [0.5, 0.6) is 0 Å². The van der Waals surface area contributed by atoms with Crippen LogP contribution in [0.15, 0.2) is 30.3 Å². The van der Waals surface area contributed by atoms with Gasteiger partial charge in [-0.15, -0.1) is 0 Å². The summed E-state index contributed by atoms with van der Waals surface area (Å²) < 4.78 is 0. The van der Waals surface area contributed by atoms with Crippen molar-refractivity contribution in [2.45, 2.75) is 32.9 Å². The minimum Gasteiger partial charge on any atom is -0.392 e. The summed E-state index contributed by atoms with van der Waals surface area (Å²) in [5, 5.41) is 12.4. The smallest absolute Gasteiger partial charge is 0.317 e. The number of aliphatic hydroxyl groups excluding tert-OH is 1. The van der Waals surface area contributed by atoms with Crippen molar-refractivity contribution in [1.82, 2.24) is 10.2 Å². The minimum absolute atomic E-state index is 0.0615. The predicted octanol–water partition coefficient (Wildman–Crippen LogP) is 1.92. The van der Waals surface area contributed by atoms with Gasteiger partial charge in [0.25, 0.3) is 0 Å². The molecule has 0 spiro atoms. The van der Waals surface area contributed by atoms with E-state index in [-0.39, 0.29) is 12.1 Å². The summed E-state index contributed by atoms with van der Waals surface area (Å²) in [7, 11) is 2.00. The largest absolute Gasteiger partial charge is 0.392 e. The number of rotatable bonds is 7. The number of aliphatic hydroxyl groups is 1. The van der Waals surface area contributed by atoms with Gasteiger partial charge in [0.15, 0.2) is 0 Å². The Kier molecular flexibility index (Phi) is 7.02. The molecule has 0 saturated heterocycles. The molecular weight excluding hydrogens is 266 g/mol. The summed E-state index contributed by atoms with van der Waals surface area (Å²) in [4.78, 5) is 15.9. The molecule has 118 valence electrons. The first-order valence-electron chi connectivity index (χ1n) is 7.40. The summed E-state index contributed by atoms with van der Waals surface area (Å²) in [5.74, 6) is 0. The molecule has 0 radical (unpaired) electrons. The molecule has 5 nitrogen and oxygen atoms in total. The number of hydrogen-bond donors (Lipinski definition) is 2. The van der Waals surface area contributed by atoms with Crippen molar-refractivity contribution in [3.63, 3.8) is 0 Å². The van der Waals surface area contributed by atoms with Crippen LogP contribution in [0, 0.1) is 0 Å². The summed E-state index contributed by atoms with van der Waals surface area (Å²) in [6, 6.07) is 9.97. The average Bonchev–Trinajstić information content (AvgIpc) is 2.45. The first-order chi connectivity index (χ1) is 9.91. The number of carbonyl (C=O) groups excluding carboxylic acids is 1. The van der Waals surface area contributed by atoms with Crippen LogP contribution in [0.2, 0.25) is 0 Å². The third kappa shape index (κ3) is 6.04. The van der Waals surface area contributed by atoms with Crippen molar-refractivity contribution in [3.05, 3.63) is 30.3 Å². The molecule has 2 N–H and O–H groups in total. The van der Waals surface area contributed by atoms with Crippen LogP contribution in [0.25, 0.3) is 0 Å². The molecule has 1 rings (SSSR count). The number of nitrogens with one attached hydrogen (secondary N) is 1. The van der Waals surface area contributed by atoms with E-state index in [1.807, 2.05) is 51.2 Å². The molecular formula is C16H27N3O2. The number of benzene rings is 1. The first kappa shape index (κ1) is 17.3. The first-order valence-corrected chi connectivity index (χ1v) is 7.40. The van der Waals surface area contributed by atoms with E-state index in [9.17, 15) is 9.90 Å². The van der Waals surface area contributed by atoms with Gasteiger partial charge in [0, 0.05) is 38.4 Å². The minimum atomic E-state index is -0.523. The van der Waals surface area contributed by atoms with Crippen LogP contribution in [0.1, 0.15) is 20.8 Å². The lowest BCUT2D eigenvalue weighted by Crippen LogP contribution is -2.48. The van der Waals surface area contributed by atoms with Gasteiger partial charge in [-0.2, -0.15) is 0 Å². The predicted molar refractivity (Wildman–Crippen MR) is 86.6 cm³/mol. The molecule has 1 atom stereocenters. The van der Waals surface area contributed by atoms with Crippen molar-refractivity contribution in [3.8, 4) is 0 Å². The van der Waals surface area contributed by atoms with Crippen LogP contribution in [-0.2, 0) is 0 Å². The monoisotopic (exact) mass is 293 g/mol. The quantitative estimate of drug-likeness (QED) is 0.807. The van der Waals surface area contributed by atoms with E-state index in [0.29, 0.717) is 13.1 Å². The van der Waals surface area contributed by atoms with Crippen molar-refractivity contribution in [2.24, 2.45) is 0 Å². The highest BCUT2D eigenvalue weighted by molar-refractivity contribution is 5.74. The third-order valence-corrected chi connectivity index (χ3v) is 3.27. The summed E-state index contributed by atoms with van der Waals surface area (Å²) in [5.41, 5.74) is 1.12. The van der Waals surface area contributed by atoms with E-state index >= 15 is 0 Å². The Hall–Kier alpha value is -1.75. The van der Waals surface area contributed by atoms with E-state index in [0.717, 1.165) is 12.2 Å².